The Morgan fingerprint density at radius 1 is 1.43 bits per heavy atom. The van der Waals surface area contributed by atoms with Gasteiger partial charge in [0.2, 0.25) is 0 Å². The Kier molecular flexibility index (Phi) is 7.57. The highest BCUT2D eigenvalue weighted by Crippen LogP contribution is 2.34. The van der Waals surface area contributed by atoms with Gasteiger partial charge < -0.3 is 5.32 Å². The van der Waals surface area contributed by atoms with E-state index in [1.165, 1.54) is 5.57 Å². The molecule has 5 heteroatoms. The molecular weight excluding hydrogens is 370 g/mol. The molecule has 0 fully saturated rings. The molecule has 0 aliphatic carbocycles. The van der Waals surface area contributed by atoms with E-state index in [0.717, 1.165) is 8.72 Å². The Bertz CT molecular complexity index is 579. The first-order valence-electron chi connectivity index (χ1n) is 6.58. The average molecular weight is 389 g/mol. The summed E-state index contributed by atoms with van der Waals surface area (Å²) >= 11 is 11.1. The van der Waals surface area contributed by atoms with Crippen LogP contribution in [0.2, 0.25) is 5.02 Å². The number of rotatable bonds is 5. The highest BCUT2D eigenvalue weighted by molar-refractivity contribution is 9.14. The number of carbonyl (C=O) groups excluding carboxylic acids is 1. The van der Waals surface area contributed by atoms with Crippen LogP contribution in [0.15, 0.2) is 44.6 Å². The molecular formula is C16H19BrClNOS. The molecule has 0 bridgehead atoms. The largest absolute Gasteiger partial charge is 0.345 e. The predicted octanol–water partition coefficient (Wildman–Crippen LogP) is 5.74. The molecule has 1 amide bonds. The molecule has 0 saturated heterocycles. The first kappa shape index (κ1) is 18.3. The van der Waals surface area contributed by atoms with Crippen molar-refractivity contribution < 1.29 is 4.79 Å². The predicted molar refractivity (Wildman–Crippen MR) is 97.0 cm³/mol. The maximum Gasteiger partial charge on any atom is 0.251 e. The van der Waals surface area contributed by atoms with Crippen molar-refractivity contribution in [1.82, 2.24) is 5.32 Å². The quantitative estimate of drug-likeness (QED) is 0.696. The number of halogens is 2. The number of hydrogen-bond donors (Lipinski definition) is 1. The summed E-state index contributed by atoms with van der Waals surface area (Å²) in [6, 6.07) is 6.87. The lowest BCUT2D eigenvalue weighted by Gasteiger charge is -2.17. The van der Waals surface area contributed by atoms with Crippen LogP contribution < -0.4 is 5.32 Å². The molecule has 1 aromatic rings. The summed E-state index contributed by atoms with van der Waals surface area (Å²) in [7, 11) is 0. The van der Waals surface area contributed by atoms with Gasteiger partial charge in [0, 0.05) is 15.5 Å². The Labute approximate surface area is 144 Å². The maximum absolute atomic E-state index is 12.2. The van der Waals surface area contributed by atoms with E-state index < -0.39 is 0 Å². The van der Waals surface area contributed by atoms with Crippen molar-refractivity contribution >= 4 is 45.2 Å². The summed E-state index contributed by atoms with van der Waals surface area (Å²) in [6.45, 7) is 8.02. The maximum atomic E-state index is 12.2. The molecule has 2 nitrogen and oxygen atoms in total. The normalized spacial score (nSPS) is 12.8. The van der Waals surface area contributed by atoms with Gasteiger partial charge >= 0.3 is 0 Å². The van der Waals surface area contributed by atoms with Crippen molar-refractivity contribution in [2.75, 3.05) is 0 Å². The van der Waals surface area contributed by atoms with Gasteiger partial charge in [0.15, 0.2) is 0 Å². The zero-order chi connectivity index (χ0) is 16.0. The third-order valence-electron chi connectivity index (χ3n) is 2.75. The van der Waals surface area contributed by atoms with Gasteiger partial charge in [0.1, 0.15) is 0 Å². The minimum absolute atomic E-state index is 0.0709. The molecule has 0 spiro atoms. The minimum atomic E-state index is -0.127. The number of nitrogens with one attached hydrogen (secondary N) is 1. The first-order chi connectivity index (χ1) is 9.85. The lowest BCUT2D eigenvalue weighted by molar-refractivity contribution is 0.0946. The van der Waals surface area contributed by atoms with E-state index in [4.69, 9.17) is 11.6 Å². The van der Waals surface area contributed by atoms with Crippen LogP contribution in [0, 0.1) is 0 Å². The molecule has 21 heavy (non-hydrogen) atoms. The molecule has 1 atom stereocenters. The van der Waals surface area contributed by atoms with E-state index >= 15 is 0 Å². The fourth-order valence-electron chi connectivity index (χ4n) is 1.58. The van der Waals surface area contributed by atoms with Crippen LogP contribution in [0.1, 0.15) is 38.1 Å². The van der Waals surface area contributed by atoms with Gasteiger partial charge in [0.05, 0.1) is 9.86 Å². The molecule has 0 heterocycles. The van der Waals surface area contributed by atoms with E-state index in [1.54, 1.807) is 36.0 Å². The van der Waals surface area contributed by atoms with Crippen LogP contribution in [0.4, 0.5) is 0 Å². The number of amides is 1. The number of hydrogen-bond acceptors (Lipinski definition) is 2. The van der Waals surface area contributed by atoms with Gasteiger partial charge in [-0.25, -0.2) is 0 Å². The molecule has 0 aliphatic heterocycles. The van der Waals surface area contributed by atoms with Gasteiger partial charge in [-0.15, -0.1) is 0 Å². The summed E-state index contributed by atoms with van der Waals surface area (Å²) in [6.07, 6.45) is 2.01. The topological polar surface area (TPSA) is 29.1 Å². The summed E-state index contributed by atoms with van der Waals surface area (Å²) in [5.41, 5.74) is 1.77. The van der Waals surface area contributed by atoms with Gasteiger partial charge in [-0.2, -0.15) is 0 Å². The second-order valence-electron chi connectivity index (χ2n) is 4.77. The molecule has 1 N–H and O–H groups in total. The summed E-state index contributed by atoms with van der Waals surface area (Å²) < 4.78 is 1.07. The molecule has 1 unspecified atom stereocenters. The average Bonchev–Trinajstić information content (AvgIpc) is 2.43. The van der Waals surface area contributed by atoms with Crippen LogP contribution in [-0.4, -0.2) is 11.9 Å². The smallest absolute Gasteiger partial charge is 0.251 e. The van der Waals surface area contributed by atoms with Crippen LogP contribution >= 0.6 is 39.3 Å². The Morgan fingerprint density at radius 2 is 2.10 bits per heavy atom. The minimum Gasteiger partial charge on any atom is -0.345 e. The van der Waals surface area contributed by atoms with Gasteiger partial charge in [-0.05, 0) is 61.8 Å². The molecule has 0 aromatic heterocycles. The van der Waals surface area contributed by atoms with E-state index in [0.29, 0.717) is 10.6 Å². The van der Waals surface area contributed by atoms with Crippen molar-refractivity contribution in [3.05, 3.63) is 55.2 Å². The summed E-state index contributed by atoms with van der Waals surface area (Å²) in [5.74, 6) is -0.127. The molecule has 0 aliphatic rings. The lowest BCUT2D eigenvalue weighted by Crippen LogP contribution is -2.33. The zero-order valence-corrected chi connectivity index (χ0v) is 15.7. The van der Waals surface area contributed by atoms with Crippen LogP contribution in [0.25, 0.3) is 0 Å². The van der Waals surface area contributed by atoms with Gasteiger partial charge in [-0.3, -0.25) is 4.79 Å². The highest BCUT2D eigenvalue weighted by Gasteiger charge is 2.15. The molecule has 1 aromatic carbocycles. The van der Waals surface area contributed by atoms with E-state index in [9.17, 15) is 4.79 Å². The molecule has 0 radical (unpaired) electrons. The fraction of sp³-hybridized carbons (Fsp3) is 0.312. The SMILES string of the molecule is C/C=C(\SC(Br)=C(C)C)C(C)NC(=O)c1cccc(Cl)c1. The molecule has 1 rings (SSSR count). The van der Waals surface area contributed by atoms with E-state index in [-0.39, 0.29) is 11.9 Å². The van der Waals surface area contributed by atoms with Crippen LogP contribution in [0.5, 0.6) is 0 Å². The van der Waals surface area contributed by atoms with Gasteiger partial charge in [-0.1, -0.05) is 41.1 Å². The standard InChI is InChI=1S/C16H19BrClNOS/c1-5-14(21-15(17)10(2)3)11(4)19-16(20)12-7-6-8-13(18)9-12/h5-9,11H,1-4H3,(H,19,20)/b14-5-. The van der Waals surface area contributed by atoms with Crippen LogP contribution in [-0.2, 0) is 0 Å². The van der Waals surface area contributed by atoms with Crippen molar-refractivity contribution in [3.63, 3.8) is 0 Å². The number of benzene rings is 1. The molecule has 0 saturated carbocycles. The van der Waals surface area contributed by atoms with Crippen molar-refractivity contribution in [3.8, 4) is 0 Å². The Balaban J connectivity index is 2.77. The summed E-state index contributed by atoms with van der Waals surface area (Å²) in [5, 5.41) is 3.55. The summed E-state index contributed by atoms with van der Waals surface area (Å²) in [4.78, 5) is 13.3. The van der Waals surface area contributed by atoms with E-state index in [2.05, 4.69) is 21.2 Å². The van der Waals surface area contributed by atoms with Gasteiger partial charge in [0.25, 0.3) is 5.91 Å². The number of allylic oxidation sites excluding steroid dienone is 2. The Morgan fingerprint density at radius 3 is 2.62 bits per heavy atom. The molecule has 114 valence electrons. The monoisotopic (exact) mass is 387 g/mol. The van der Waals surface area contributed by atoms with Crippen LogP contribution in [0.3, 0.4) is 0 Å². The fourth-order valence-corrected chi connectivity index (χ4v) is 3.10. The highest BCUT2D eigenvalue weighted by atomic mass is 79.9. The lowest BCUT2D eigenvalue weighted by atomic mass is 10.2. The first-order valence-corrected chi connectivity index (χ1v) is 8.57. The Hall–Kier alpha value is -0.710. The van der Waals surface area contributed by atoms with Crippen molar-refractivity contribution in [2.24, 2.45) is 0 Å². The zero-order valence-electron chi connectivity index (χ0n) is 12.5. The third kappa shape index (κ3) is 5.89. The van der Waals surface area contributed by atoms with Crippen molar-refractivity contribution in [2.45, 2.75) is 33.7 Å². The van der Waals surface area contributed by atoms with Crippen molar-refractivity contribution in [1.29, 1.82) is 0 Å². The number of thioether (sulfide) groups is 1. The second-order valence-corrected chi connectivity index (χ2v) is 7.61. The second kappa shape index (κ2) is 8.66. The number of carbonyl (C=O) groups is 1. The third-order valence-corrected chi connectivity index (χ3v) is 5.67. The van der Waals surface area contributed by atoms with E-state index in [1.807, 2.05) is 33.8 Å².